The highest BCUT2D eigenvalue weighted by atomic mass is 15.1. The molecular formula is C10H17N. The third-order valence-electron chi connectivity index (χ3n) is 1.50. The van der Waals surface area contributed by atoms with Crippen LogP contribution in [0.25, 0.3) is 0 Å². The lowest BCUT2D eigenvalue weighted by atomic mass is 10.3. The Morgan fingerprint density at radius 2 is 2.09 bits per heavy atom. The molecule has 62 valence electrons. The molecule has 11 heavy (non-hydrogen) atoms. The van der Waals surface area contributed by atoms with Crippen LogP contribution in [0.4, 0.5) is 0 Å². The molecule has 0 atom stereocenters. The largest absolute Gasteiger partial charge is 0.375 e. The van der Waals surface area contributed by atoms with E-state index in [1.165, 1.54) is 0 Å². The number of likely N-dealkylation sites (N-methyl/N-ethyl adjacent to an activating group) is 1. The summed E-state index contributed by atoms with van der Waals surface area (Å²) < 4.78 is 0. The molecule has 0 saturated carbocycles. The lowest BCUT2D eigenvalue weighted by molar-refractivity contribution is 0.430. The number of rotatable bonds is 5. The molecule has 0 heterocycles. The first kappa shape index (κ1) is 10.0. The Bertz CT molecular complexity index is 156. The minimum absolute atomic E-state index is 1.06. The van der Waals surface area contributed by atoms with E-state index in [9.17, 15) is 0 Å². The fourth-order valence-corrected chi connectivity index (χ4v) is 0.936. The summed E-state index contributed by atoms with van der Waals surface area (Å²) in [6.07, 6.45) is 6.74. The molecule has 0 spiro atoms. The smallest absolute Gasteiger partial charge is 0.0357 e. The summed E-state index contributed by atoms with van der Waals surface area (Å²) in [6, 6.07) is 0. The van der Waals surface area contributed by atoms with Crippen molar-refractivity contribution < 1.29 is 0 Å². The predicted molar refractivity (Wildman–Crippen MR) is 51.4 cm³/mol. The van der Waals surface area contributed by atoms with Crippen molar-refractivity contribution in [2.24, 2.45) is 0 Å². The summed E-state index contributed by atoms with van der Waals surface area (Å²) in [5.41, 5.74) is 1.13. The first-order valence-corrected chi connectivity index (χ1v) is 3.92. The van der Waals surface area contributed by atoms with Crippen molar-refractivity contribution in [3.05, 3.63) is 37.1 Å². The van der Waals surface area contributed by atoms with Gasteiger partial charge in [0.05, 0.1) is 0 Å². The molecule has 0 bridgehead atoms. The summed E-state index contributed by atoms with van der Waals surface area (Å²) in [4.78, 5) is 2.16. The van der Waals surface area contributed by atoms with Crippen LogP contribution in [0.15, 0.2) is 37.1 Å². The number of hydrogen-bond acceptors (Lipinski definition) is 1. The highest BCUT2D eigenvalue weighted by molar-refractivity contribution is 5.19. The van der Waals surface area contributed by atoms with Crippen LogP contribution in [0.3, 0.4) is 0 Å². The first-order chi connectivity index (χ1) is 5.26. The van der Waals surface area contributed by atoms with E-state index in [1.54, 1.807) is 6.08 Å². The summed E-state index contributed by atoms with van der Waals surface area (Å²) in [7, 11) is 2.06. The van der Waals surface area contributed by atoms with Gasteiger partial charge in [-0.1, -0.05) is 26.2 Å². The van der Waals surface area contributed by atoms with Crippen molar-refractivity contribution in [1.29, 1.82) is 0 Å². The van der Waals surface area contributed by atoms with Crippen molar-refractivity contribution in [2.75, 3.05) is 13.6 Å². The molecule has 0 fully saturated rings. The van der Waals surface area contributed by atoms with Crippen LogP contribution in [0.5, 0.6) is 0 Å². The summed E-state index contributed by atoms with van der Waals surface area (Å²) >= 11 is 0. The molecular weight excluding hydrogens is 134 g/mol. The van der Waals surface area contributed by atoms with E-state index in [4.69, 9.17) is 0 Å². The first-order valence-electron chi connectivity index (χ1n) is 3.92. The minimum atomic E-state index is 1.06. The zero-order valence-electron chi connectivity index (χ0n) is 7.51. The maximum absolute atomic E-state index is 3.73. The molecule has 1 heteroatoms. The zero-order chi connectivity index (χ0) is 8.69. The van der Waals surface area contributed by atoms with E-state index in [0.717, 1.165) is 18.7 Å². The quantitative estimate of drug-likeness (QED) is 0.546. The molecule has 0 aliphatic carbocycles. The Labute approximate surface area is 69.7 Å². The van der Waals surface area contributed by atoms with E-state index in [2.05, 4.69) is 32.0 Å². The van der Waals surface area contributed by atoms with Crippen LogP contribution in [0, 0.1) is 0 Å². The molecule has 0 N–H and O–H groups in total. The van der Waals surface area contributed by atoms with Crippen LogP contribution in [-0.4, -0.2) is 18.5 Å². The van der Waals surface area contributed by atoms with Crippen molar-refractivity contribution in [3.63, 3.8) is 0 Å². The average molecular weight is 151 g/mol. The van der Waals surface area contributed by atoms with Crippen LogP contribution >= 0.6 is 0 Å². The zero-order valence-corrected chi connectivity index (χ0v) is 7.51. The van der Waals surface area contributed by atoms with Gasteiger partial charge in [0.15, 0.2) is 0 Å². The lowest BCUT2D eigenvalue weighted by Crippen LogP contribution is -2.16. The fourth-order valence-electron chi connectivity index (χ4n) is 0.936. The number of nitrogens with zero attached hydrogens (tertiary/aromatic N) is 1. The molecule has 0 aromatic carbocycles. The molecule has 0 unspecified atom stereocenters. The van der Waals surface area contributed by atoms with Crippen molar-refractivity contribution in [1.82, 2.24) is 4.90 Å². The Kier molecular flexibility index (Phi) is 5.26. The van der Waals surface area contributed by atoms with E-state index in [-0.39, 0.29) is 0 Å². The van der Waals surface area contributed by atoms with Gasteiger partial charge < -0.3 is 4.90 Å². The van der Waals surface area contributed by atoms with Gasteiger partial charge in [-0.2, -0.15) is 0 Å². The molecule has 0 rings (SSSR count). The van der Waals surface area contributed by atoms with E-state index < -0.39 is 0 Å². The van der Waals surface area contributed by atoms with E-state index in [1.807, 2.05) is 12.2 Å². The summed E-state index contributed by atoms with van der Waals surface area (Å²) in [5, 5.41) is 0. The molecule has 0 radical (unpaired) electrons. The maximum atomic E-state index is 3.73. The van der Waals surface area contributed by atoms with Gasteiger partial charge in [-0.25, -0.2) is 0 Å². The Balaban J connectivity index is 4.12. The van der Waals surface area contributed by atoms with Gasteiger partial charge in [0.1, 0.15) is 0 Å². The average Bonchev–Trinajstić information content (AvgIpc) is 2.00. The fraction of sp³-hybridized carbons (Fsp3) is 0.400. The Hall–Kier alpha value is -0.980. The monoisotopic (exact) mass is 151 g/mol. The van der Waals surface area contributed by atoms with Gasteiger partial charge in [0.25, 0.3) is 0 Å². The summed E-state index contributed by atoms with van der Waals surface area (Å²) in [5.74, 6) is 0. The molecule has 1 nitrogen and oxygen atoms in total. The Morgan fingerprint density at radius 1 is 1.45 bits per heavy atom. The normalized spacial score (nSPS) is 10.9. The van der Waals surface area contributed by atoms with E-state index >= 15 is 0 Å². The van der Waals surface area contributed by atoms with E-state index in [0.29, 0.717) is 0 Å². The van der Waals surface area contributed by atoms with Gasteiger partial charge in [0, 0.05) is 19.3 Å². The molecule has 0 aromatic heterocycles. The predicted octanol–water partition coefficient (Wildman–Crippen LogP) is 2.58. The highest BCUT2D eigenvalue weighted by Gasteiger charge is 1.95. The van der Waals surface area contributed by atoms with Crippen LogP contribution in [-0.2, 0) is 0 Å². The second-order valence-corrected chi connectivity index (χ2v) is 2.45. The van der Waals surface area contributed by atoms with Crippen molar-refractivity contribution in [2.45, 2.75) is 13.3 Å². The van der Waals surface area contributed by atoms with Gasteiger partial charge in [-0.15, -0.1) is 0 Å². The van der Waals surface area contributed by atoms with Crippen LogP contribution in [0.1, 0.15) is 13.3 Å². The third-order valence-corrected chi connectivity index (χ3v) is 1.50. The second kappa shape index (κ2) is 5.78. The summed E-state index contributed by atoms with van der Waals surface area (Å²) in [6.45, 7) is 10.6. The maximum Gasteiger partial charge on any atom is 0.0357 e. The van der Waals surface area contributed by atoms with Gasteiger partial charge in [0.2, 0.25) is 0 Å². The van der Waals surface area contributed by atoms with Gasteiger partial charge in [-0.05, 0) is 18.6 Å². The lowest BCUT2D eigenvalue weighted by Gasteiger charge is -2.18. The second-order valence-electron chi connectivity index (χ2n) is 2.45. The minimum Gasteiger partial charge on any atom is -0.375 e. The van der Waals surface area contributed by atoms with Crippen LogP contribution < -0.4 is 0 Å². The molecule has 0 saturated heterocycles. The highest BCUT2D eigenvalue weighted by Crippen LogP contribution is 2.02. The van der Waals surface area contributed by atoms with Gasteiger partial charge >= 0.3 is 0 Å². The van der Waals surface area contributed by atoms with Crippen molar-refractivity contribution in [3.8, 4) is 0 Å². The SMILES string of the molecule is C=C/C=C(\C=C)N(C)CCC. The van der Waals surface area contributed by atoms with Crippen LogP contribution in [0.2, 0.25) is 0 Å². The molecule has 0 aromatic rings. The molecule has 0 aliphatic rings. The third kappa shape index (κ3) is 3.66. The topological polar surface area (TPSA) is 3.24 Å². The van der Waals surface area contributed by atoms with Crippen molar-refractivity contribution >= 4 is 0 Å². The number of allylic oxidation sites excluding steroid dienone is 3. The molecule has 0 aliphatic heterocycles. The molecule has 0 amide bonds. The number of hydrogen-bond donors (Lipinski definition) is 0. The van der Waals surface area contributed by atoms with Gasteiger partial charge in [-0.3, -0.25) is 0 Å². The standard InChI is InChI=1S/C10H17N/c1-5-8-10(7-3)11(4)9-6-2/h5,7-8H,1,3,6,9H2,2,4H3/b10-8+. The Morgan fingerprint density at radius 3 is 2.45 bits per heavy atom.